The first kappa shape index (κ1) is 45.8. The predicted octanol–water partition coefficient (Wildman–Crippen LogP) is 5.42. The molecule has 0 spiro atoms. The summed E-state index contributed by atoms with van der Waals surface area (Å²) in [5.41, 5.74) is -1.87. The lowest BCUT2D eigenvalue weighted by Gasteiger charge is -2.37. The second-order valence-corrected chi connectivity index (χ2v) is 19.3. The van der Waals surface area contributed by atoms with Gasteiger partial charge in [-0.3, -0.25) is 38.5 Å². The summed E-state index contributed by atoms with van der Waals surface area (Å²) in [6.45, 7) is 25.8. The lowest BCUT2D eigenvalue weighted by atomic mass is 10.2. The van der Waals surface area contributed by atoms with Crippen LogP contribution in [-0.2, 0) is 48.8 Å². The van der Waals surface area contributed by atoms with Gasteiger partial charge in [0.2, 0.25) is 0 Å². The molecular formula is C38H67N4O9P. The summed E-state index contributed by atoms with van der Waals surface area (Å²) >= 11 is 0. The summed E-state index contributed by atoms with van der Waals surface area (Å²) in [5, 5.41) is 0. The molecule has 52 heavy (non-hydrogen) atoms. The van der Waals surface area contributed by atoms with Gasteiger partial charge in [0.15, 0.2) is 0 Å². The molecule has 1 saturated heterocycles. The first-order chi connectivity index (χ1) is 23.8. The molecule has 298 valence electrons. The van der Waals surface area contributed by atoms with Crippen LogP contribution < -0.4 is 0 Å². The van der Waals surface area contributed by atoms with Crippen molar-refractivity contribution in [3.63, 3.8) is 0 Å². The molecule has 14 heteroatoms. The Labute approximate surface area is 313 Å². The Balaban J connectivity index is 2.39. The highest BCUT2D eigenvalue weighted by Gasteiger charge is 2.37. The van der Waals surface area contributed by atoms with Crippen LogP contribution in [0.3, 0.4) is 0 Å². The van der Waals surface area contributed by atoms with E-state index in [0.717, 1.165) is 5.56 Å². The van der Waals surface area contributed by atoms with E-state index in [1.165, 1.54) is 0 Å². The molecule has 0 saturated carbocycles. The number of nitrogens with zero attached hydrogens (tertiary/aromatic N) is 4. The third-order valence-corrected chi connectivity index (χ3v) is 9.67. The highest BCUT2D eigenvalue weighted by atomic mass is 31.2. The molecular weight excluding hydrogens is 687 g/mol. The van der Waals surface area contributed by atoms with Gasteiger partial charge in [0.1, 0.15) is 24.1 Å². The van der Waals surface area contributed by atoms with E-state index in [-0.39, 0.29) is 50.4 Å². The van der Waals surface area contributed by atoms with Crippen molar-refractivity contribution in [1.29, 1.82) is 0 Å². The summed E-state index contributed by atoms with van der Waals surface area (Å²) < 4.78 is 43.6. The first-order valence-corrected chi connectivity index (χ1v) is 20.0. The predicted molar refractivity (Wildman–Crippen MR) is 203 cm³/mol. The van der Waals surface area contributed by atoms with Crippen LogP contribution in [0.25, 0.3) is 0 Å². The van der Waals surface area contributed by atoms with Gasteiger partial charge in [-0.25, -0.2) is 0 Å². The van der Waals surface area contributed by atoms with E-state index in [0.29, 0.717) is 52.4 Å². The van der Waals surface area contributed by atoms with Crippen molar-refractivity contribution >= 4 is 25.5 Å². The van der Waals surface area contributed by atoms with Crippen molar-refractivity contribution in [1.82, 2.24) is 19.6 Å². The van der Waals surface area contributed by atoms with Crippen LogP contribution in [0.4, 0.5) is 0 Å². The summed E-state index contributed by atoms with van der Waals surface area (Å²) in [6, 6.07) is 9.50. The van der Waals surface area contributed by atoms with E-state index < -0.39 is 30.0 Å². The summed E-state index contributed by atoms with van der Waals surface area (Å²) in [4.78, 5) is 47.1. The number of carbonyl (C=O) groups is 3. The van der Waals surface area contributed by atoms with E-state index >= 15 is 0 Å². The number of carbonyl (C=O) groups excluding carboxylic acids is 3. The van der Waals surface area contributed by atoms with Gasteiger partial charge in [-0.15, -0.1) is 0 Å². The van der Waals surface area contributed by atoms with Gasteiger partial charge in [0.25, 0.3) is 0 Å². The smallest absolute Gasteiger partial charge is 0.345 e. The number of esters is 3. The molecule has 0 aliphatic carbocycles. The van der Waals surface area contributed by atoms with E-state index in [9.17, 15) is 18.9 Å². The van der Waals surface area contributed by atoms with Gasteiger partial charge < -0.3 is 23.3 Å². The monoisotopic (exact) mass is 754 g/mol. The molecule has 1 aliphatic rings. The maximum absolute atomic E-state index is 14.4. The molecule has 0 radical (unpaired) electrons. The zero-order chi connectivity index (χ0) is 39.4. The molecule has 1 heterocycles. The van der Waals surface area contributed by atoms with Crippen LogP contribution in [0.15, 0.2) is 30.3 Å². The molecule has 0 N–H and O–H groups in total. The number of rotatable bonds is 12. The highest BCUT2D eigenvalue weighted by molar-refractivity contribution is 7.53. The van der Waals surface area contributed by atoms with Gasteiger partial charge >= 0.3 is 25.5 Å². The minimum Gasteiger partial charge on any atom is -0.460 e. The van der Waals surface area contributed by atoms with E-state index in [2.05, 4.69) is 0 Å². The summed E-state index contributed by atoms with van der Waals surface area (Å²) in [5.74, 6) is -1.09. The molecule has 0 bridgehead atoms. The van der Waals surface area contributed by atoms with Crippen LogP contribution in [0.2, 0.25) is 0 Å². The van der Waals surface area contributed by atoms with Gasteiger partial charge in [-0.05, 0) is 88.6 Å². The van der Waals surface area contributed by atoms with Gasteiger partial charge in [-0.1, -0.05) is 30.3 Å². The van der Waals surface area contributed by atoms with Gasteiger partial charge in [0, 0.05) is 52.4 Å². The van der Waals surface area contributed by atoms with Crippen molar-refractivity contribution in [2.24, 2.45) is 0 Å². The van der Waals surface area contributed by atoms with Crippen molar-refractivity contribution in [3.8, 4) is 0 Å². The molecule has 1 aliphatic heterocycles. The molecule has 1 fully saturated rings. The number of hydrogen-bond donors (Lipinski definition) is 0. The fourth-order valence-electron chi connectivity index (χ4n) is 5.43. The van der Waals surface area contributed by atoms with E-state index in [1.807, 2.05) is 133 Å². The molecule has 1 aromatic rings. The molecule has 2 rings (SSSR count). The number of hydrogen-bond acceptors (Lipinski definition) is 13. The van der Waals surface area contributed by atoms with Crippen LogP contribution >= 0.6 is 7.60 Å². The third kappa shape index (κ3) is 21.4. The lowest BCUT2D eigenvalue weighted by molar-refractivity contribution is -0.157. The average molecular weight is 755 g/mol. The molecule has 0 amide bonds. The Morgan fingerprint density at radius 1 is 0.538 bits per heavy atom. The van der Waals surface area contributed by atoms with Crippen LogP contribution in [0.5, 0.6) is 0 Å². The number of benzene rings is 1. The normalized spacial score (nSPS) is 17.5. The minimum absolute atomic E-state index is 0.0154. The van der Waals surface area contributed by atoms with Crippen molar-refractivity contribution in [2.75, 3.05) is 78.3 Å². The van der Waals surface area contributed by atoms with Crippen LogP contribution in [0, 0.1) is 0 Å². The molecule has 0 unspecified atom stereocenters. The minimum atomic E-state index is -3.67. The molecule has 0 aromatic heterocycles. The van der Waals surface area contributed by atoms with Crippen molar-refractivity contribution < 1.29 is 42.2 Å². The Morgan fingerprint density at radius 2 is 0.885 bits per heavy atom. The third-order valence-electron chi connectivity index (χ3n) is 7.27. The van der Waals surface area contributed by atoms with Crippen LogP contribution in [-0.4, -0.2) is 138 Å². The fraction of sp³-hybridized carbons (Fsp3) is 0.763. The topological polar surface area (TPSA) is 127 Å². The second-order valence-electron chi connectivity index (χ2n) is 17.4. The summed E-state index contributed by atoms with van der Waals surface area (Å²) in [6.07, 6.45) is 0.0154. The maximum Gasteiger partial charge on any atom is 0.345 e. The van der Waals surface area contributed by atoms with E-state index in [4.69, 9.17) is 23.3 Å². The zero-order valence-corrected chi connectivity index (χ0v) is 34.9. The van der Waals surface area contributed by atoms with Gasteiger partial charge in [-0.2, -0.15) is 0 Å². The quantitative estimate of drug-likeness (QED) is 0.153. The first-order valence-electron chi connectivity index (χ1n) is 18.3. The second kappa shape index (κ2) is 19.8. The lowest BCUT2D eigenvalue weighted by Crippen LogP contribution is -2.49. The Hall–Kier alpha value is -2.38. The molecule has 0 atom stereocenters. The average Bonchev–Trinajstić information content (AvgIpc) is 2.93. The van der Waals surface area contributed by atoms with Crippen LogP contribution in [0.1, 0.15) is 88.6 Å². The Kier molecular flexibility index (Phi) is 17.4. The van der Waals surface area contributed by atoms with Gasteiger partial charge in [0.05, 0.1) is 30.8 Å². The van der Waals surface area contributed by atoms with Crippen molar-refractivity contribution in [3.05, 3.63) is 35.9 Å². The molecule has 13 nitrogen and oxygen atoms in total. The number of ether oxygens (including phenoxy) is 3. The Morgan fingerprint density at radius 3 is 1.23 bits per heavy atom. The summed E-state index contributed by atoms with van der Waals surface area (Å²) in [7, 11) is -3.67. The standard InChI is InChI=1S/C38H67N4O9P/c1-35(2,3)48-33(44)27-40-20-18-39(26-32(43)47-29-31-16-14-13-15-17-31)19-21-41(28-34(45)49-36(4,5)6)23-25-42(24-22-40)30-52(46,50-37(7,8)9)51-38(10,11)12/h13-17H,18-30H2,1-12H3. The SMILES string of the molecule is CC(C)(C)OC(=O)CN1CCN(CC(=O)OCc2ccccc2)CCN(CC(=O)OC(C)(C)C)CCN(CP(=O)(OC(C)(C)C)OC(C)(C)C)CC1. The van der Waals surface area contributed by atoms with Crippen molar-refractivity contribution in [2.45, 2.75) is 112 Å². The van der Waals surface area contributed by atoms with E-state index in [1.54, 1.807) is 0 Å². The molecule has 1 aromatic carbocycles. The maximum atomic E-state index is 14.4. The Bertz CT molecular complexity index is 1250. The zero-order valence-electron chi connectivity index (χ0n) is 34.0. The highest BCUT2D eigenvalue weighted by Crippen LogP contribution is 2.54. The fourth-order valence-corrected chi connectivity index (χ4v) is 8.02. The largest absolute Gasteiger partial charge is 0.460 e.